The molecule has 0 aromatic heterocycles. The van der Waals surface area contributed by atoms with Crippen LogP contribution in [-0.4, -0.2) is 25.4 Å². The molecule has 0 aliphatic heterocycles. The zero-order valence-electron chi connectivity index (χ0n) is 9.50. The van der Waals surface area contributed by atoms with Crippen LogP contribution in [0.5, 0.6) is 5.75 Å². The maximum absolute atomic E-state index is 8.64. The Morgan fingerprint density at radius 1 is 1.31 bits per heavy atom. The third-order valence-electron chi connectivity index (χ3n) is 2.32. The molecule has 0 heterocycles. The molecule has 1 rings (SSSR count). The van der Waals surface area contributed by atoms with Crippen molar-refractivity contribution in [2.45, 2.75) is 19.3 Å². The van der Waals surface area contributed by atoms with Gasteiger partial charge < -0.3 is 15.2 Å². The molecule has 0 saturated carbocycles. The number of unbranched alkanes of at least 4 members (excludes halogenated alkanes) is 2. The Bertz CT molecular complexity index is 318. The molecule has 0 amide bonds. The highest BCUT2D eigenvalue weighted by atomic mass is 79.9. The lowest BCUT2D eigenvalue weighted by molar-refractivity contribution is 0.283. The number of hydrogen-bond acceptors (Lipinski definition) is 3. The minimum absolute atomic E-state index is 0.284. The fourth-order valence-electron chi connectivity index (χ4n) is 1.42. The number of aliphatic hydroxyl groups excluding tert-OH is 1. The van der Waals surface area contributed by atoms with Gasteiger partial charge in [-0.05, 0) is 47.3 Å². The molecule has 4 heteroatoms. The molecule has 0 saturated heterocycles. The van der Waals surface area contributed by atoms with E-state index in [0.29, 0.717) is 0 Å². The molecular formula is C12H18BrNO2. The summed E-state index contributed by atoms with van der Waals surface area (Å²) < 4.78 is 6.17. The Balaban J connectivity index is 2.36. The van der Waals surface area contributed by atoms with Crippen molar-refractivity contribution in [3.63, 3.8) is 0 Å². The second-order valence-electron chi connectivity index (χ2n) is 3.56. The second-order valence-corrected chi connectivity index (χ2v) is 4.41. The molecule has 0 unspecified atom stereocenters. The van der Waals surface area contributed by atoms with Crippen LogP contribution in [0.25, 0.3) is 0 Å². The minimum atomic E-state index is 0.284. The van der Waals surface area contributed by atoms with Gasteiger partial charge >= 0.3 is 0 Å². The average molecular weight is 288 g/mol. The Kier molecular flexibility index (Phi) is 6.26. The molecule has 90 valence electrons. The van der Waals surface area contributed by atoms with E-state index in [2.05, 4.69) is 21.2 Å². The Morgan fingerprint density at radius 3 is 2.81 bits per heavy atom. The lowest BCUT2D eigenvalue weighted by Crippen LogP contribution is -2.02. The largest absolute Gasteiger partial charge is 0.495 e. The van der Waals surface area contributed by atoms with E-state index in [4.69, 9.17) is 9.84 Å². The van der Waals surface area contributed by atoms with Gasteiger partial charge in [0.05, 0.1) is 11.6 Å². The number of hydrogen-bond donors (Lipinski definition) is 2. The number of anilines is 1. The van der Waals surface area contributed by atoms with E-state index in [1.807, 2.05) is 18.2 Å². The monoisotopic (exact) mass is 287 g/mol. The summed E-state index contributed by atoms with van der Waals surface area (Å²) in [4.78, 5) is 0. The Labute approximate surface area is 105 Å². The SMILES string of the molecule is COc1cc(NCCCCCO)ccc1Br. The number of aliphatic hydroxyl groups is 1. The van der Waals surface area contributed by atoms with Gasteiger partial charge in [-0.25, -0.2) is 0 Å². The maximum Gasteiger partial charge on any atom is 0.135 e. The van der Waals surface area contributed by atoms with Crippen molar-refractivity contribution in [3.8, 4) is 5.75 Å². The summed E-state index contributed by atoms with van der Waals surface area (Å²) in [5, 5.41) is 12.0. The van der Waals surface area contributed by atoms with Gasteiger partial charge in [-0.3, -0.25) is 0 Å². The lowest BCUT2D eigenvalue weighted by Gasteiger charge is -2.09. The summed E-state index contributed by atoms with van der Waals surface area (Å²) in [7, 11) is 1.66. The van der Waals surface area contributed by atoms with Gasteiger partial charge in [0.25, 0.3) is 0 Å². The number of rotatable bonds is 7. The van der Waals surface area contributed by atoms with Crippen LogP contribution >= 0.6 is 15.9 Å². The van der Waals surface area contributed by atoms with Crippen LogP contribution in [0.1, 0.15) is 19.3 Å². The van der Waals surface area contributed by atoms with Crippen LogP contribution in [0.4, 0.5) is 5.69 Å². The molecule has 0 aliphatic rings. The average Bonchev–Trinajstić information content (AvgIpc) is 2.31. The standard InChI is InChI=1S/C12H18BrNO2/c1-16-12-9-10(5-6-11(12)13)14-7-3-2-4-8-15/h5-6,9,14-15H,2-4,7-8H2,1H3. The normalized spacial score (nSPS) is 10.2. The first kappa shape index (κ1) is 13.3. The third-order valence-corrected chi connectivity index (χ3v) is 2.97. The zero-order valence-corrected chi connectivity index (χ0v) is 11.1. The van der Waals surface area contributed by atoms with Crippen LogP contribution in [-0.2, 0) is 0 Å². The first-order valence-electron chi connectivity index (χ1n) is 5.46. The number of benzene rings is 1. The molecule has 0 atom stereocenters. The van der Waals surface area contributed by atoms with E-state index in [1.54, 1.807) is 7.11 Å². The lowest BCUT2D eigenvalue weighted by atomic mass is 10.2. The molecule has 0 bridgehead atoms. The highest BCUT2D eigenvalue weighted by Crippen LogP contribution is 2.27. The van der Waals surface area contributed by atoms with Crippen LogP contribution in [0, 0.1) is 0 Å². The van der Waals surface area contributed by atoms with Gasteiger partial charge in [-0.15, -0.1) is 0 Å². The smallest absolute Gasteiger partial charge is 0.135 e. The number of halogens is 1. The first-order valence-corrected chi connectivity index (χ1v) is 6.25. The van der Waals surface area contributed by atoms with Gasteiger partial charge in [-0.2, -0.15) is 0 Å². The fraction of sp³-hybridized carbons (Fsp3) is 0.500. The molecule has 16 heavy (non-hydrogen) atoms. The van der Waals surface area contributed by atoms with Gasteiger partial charge in [0.15, 0.2) is 0 Å². The number of nitrogens with one attached hydrogen (secondary N) is 1. The summed E-state index contributed by atoms with van der Waals surface area (Å²) in [5.41, 5.74) is 1.06. The first-order chi connectivity index (χ1) is 7.77. The van der Waals surface area contributed by atoms with Crippen molar-refractivity contribution in [2.24, 2.45) is 0 Å². The van der Waals surface area contributed by atoms with Gasteiger partial charge in [0, 0.05) is 24.9 Å². The third kappa shape index (κ3) is 4.41. The molecule has 3 nitrogen and oxygen atoms in total. The highest BCUT2D eigenvalue weighted by Gasteiger charge is 2.00. The van der Waals surface area contributed by atoms with Gasteiger partial charge in [-0.1, -0.05) is 0 Å². The van der Waals surface area contributed by atoms with E-state index in [9.17, 15) is 0 Å². The molecule has 1 aromatic rings. The summed E-state index contributed by atoms with van der Waals surface area (Å²) >= 11 is 3.41. The fourth-order valence-corrected chi connectivity index (χ4v) is 1.82. The van der Waals surface area contributed by atoms with Crippen LogP contribution in [0.3, 0.4) is 0 Å². The van der Waals surface area contributed by atoms with Crippen LogP contribution in [0.2, 0.25) is 0 Å². The van der Waals surface area contributed by atoms with E-state index >= 15 is 0 Å². The van der Waals surface area contributed by atoms with Crippen LogP contribution < -0.4 is 10.1 Å². The molecular weight excluding hydrogens is 270 g/mol. The maximum atomic E-state index is 8.64. The molecule has 0 fully saturated rings. The predicted octanol–water partition coefficient (Wildman–Crippen LogP) is 3.03. The van der Waals surface area contributed by atoms with E-state index in [1.165, 1.54) is 0 Å². The van der Waals surface area contributed by atoms with Gasteiger partial charge in [0.1, 0.15) is 5.75 Å². The molecule has 0 spiro atoms. The summed E-state index contributed by atoms with van der Waals surface area (Å²) in [6.07, 6.45) is 3.00. The van der Waals surface area contributed by atoms with Gasteiger partial charge in [0.2, 0.25) is 0 Å². The van der Waals surface area contributed by atoms with Crippen molar-refractivity contribution >= 4 is 21.6 Å². The predicted molar refractivity (Wildman–Crippen MR) is 70.1 cm³/mol. The summed E-state index contributed by atoms with van der Waals surface area (Å²) in [5.74, 6) is 0.834. The van der Waals surface area contributed by atoms with Crippen molar-refractivity contribution < 1.29 is 9.84 Å². The van der Waals surface area contributed by atoms with Crippen molar-refractivity contribution in [1.29, 1.82) is 0 Å². The second kappa shape index (κ2) is 7.52. The molecule has 0 radical (unpaired) electrons. The van der Waals surface area contributed by atoms with E-state index in [0.717, 1.165) is 41.7 Å². The summed E-state index contributed by atoms with van der Waals surface area (Å²) in [6, 6.07) is 5.95. The number of ether oxygens (including phenoxy) is 1. The van der Waals surface area contributed by atoms with E-state index in [-0.39, 0.29) is 6.61 Å². The van der Waals surface area contributed by atoms with Crippen molar-refractivity contribution in [3.05, 3.63) is 22.7 Å². The molecule has 1 aromatic carbocycles. The Hall–Kier alpha value is -0.740. The minimum Gasteiger partial charge on any atom is -0.495 e. The van der Waals surface area contributed by atoms with Crippen molar-refractivity contribution in [2.75, 3.05) is 25.6 Å². The number of methoxy groups -OCH3 is 1. The Morgan fingerprint density at radius 2 is 2.12 bits per heavy atom. The summed E-state index contributed by atoms with van der Waals surface area (Å²) in [6.45, 7) is 1.21. The topological polar surface area (TPSA) is 41.5 Å². The van der Waals surface area contributed by atoms with Crippen LogP contribution in [0.15, 0.2) is 22.7 Å². The van der Waals surface area contributed by atoms with Crippen molar-refractivity contribution in [1.82, 2.24) is 0 Å². The van der Waals surface area contributed by atoms with E-state index < -0.39 is 0 Å². The zero-order chi connectivity index (χ0) is 11.8. The highest BCUT2D eigenvalue weighted by molar-refractivity contribution is 9.10. The quantitative estimate of drug-likeness (QED) is 0.758. The molecule has 2 N–H and O–H groups in total. The molecule has 0 aliphatic carbocycles.